The van der Waals surface area contributed by atoms with Crippen LogP contribution in [-0.2, 0) is 11.2 Å². The van der Waals surface area contributed by atoms with Crippen molar-refractivity contribution in [1.82, 2.24) is 15.1 Å². The highest BCUT2D eigenvalue weighted by molar-refractivity contribution is 5.94. The first kappa shape index (κ1) is 19.8. The number of nitrogens with zero attached hydrogens (tertiary/aromatic N) is 2. The van der Waals surface area contributed by atoms with E-state index in [0.717, 1.165) is 42.0 Å². The topological polar surface area (TPSA) is 61.0 Å². The Morgan fingerprint density at radius 2 is 1.89 bits per heavy atom. The molecule has 28 heavy (non-hydrogen) atoms. The van der Waals surface area contributed by atoms with Crippen molar-refractivity contribution in [3.63, 3.8) is 0 Å². The Morgan fingerprint density at radius 1 is 1.18 bits per heavy atom. The fraction of sp³-hybridized carbons (Fsp3) is 0.273. The van der Waals surface area contributed by atoms with Gasteiger partial charge in [-0.15, -0.1) is 0 Å². The maximum Gasteiger partial charge on any atom is 0.241 e. The Balaban J connectivity index is 1.46. The molecule has 0 saturated heterocycles. The third-order valence-corrected chi connectivity index (χ3v) is 4.81. The van der Waals surface area contributed by atoms with Gasteiger partial charge >= 0.3 is 0 Å². The monoisotopic (exact) mass is 380 g/mol. The Morgan fingerprint density at radius 3 is 2.61 bits per heavy atom. The average molecular weight is 380 g/mol. The molecule has 0 fully saturated rings. The lowest BCUT2D eigenvalue weighted by atomic mass is 10.1. The lowest BCUT2D eigenvalue weighted by molar-refractivity contribution is -0.120. The number of aryl methyl sites for hydroxylation is 1. The summed E-state index contributed by atoms with van der Waals surface area (Å²) in [5, 5.41) is 10.3. The molecule has 0 spiro atoms. The summed E-state index contributed by atoms with van der Waals surface area (Å²) in [6, 6.07) is 17.5. The molecule has 2 aromatic carbocycles. The van der Waals surface area contributed by atoms with Gasteiger partial charge in [0.05, 0.1) is 11.7 Å². The SMILES string of the molecule is CC(C(=O)Nc1ccccc1)N(C)CCCc1cc(-c2ccc(F)cc2)n[nH]1. The van der Waals surface area contributed by atoms with Crippen LogP contribution in [0.25, 0.3) is 11.3 Å². The second-order valence-electron chi connectivity index (χ2n) is 6.90. The third kappa shape index (κ3) is 5.27. The summed E-state index contributed by atoms with van der Waals surface area (Å²) in [5.74, 6) is -0.276. The van der Waals surface area contributed by atoms with Crippen molar-refractivity contribution in [2.24, 2.45) is 0 Å². The van der Waals surface area contributed by atoms with Crippen LogP contribution in [0.5, 0.6) is 0 Å². The summed E-state index contributed by atoms with van der Waals surface area (Å²) in [4.78, 5) is 14.4. The number of aromatic amines is 1. The zero-order valence-corrected chi connectivity index (χ0v) is 16.2. The Hall–Kier alpha value is -2.99. The van der Waals surface area contributed by atoms with Crippen LogP contribution < -0.4 is 5.32 Å². The van der Waals surface area contributed by atoms with Crippen molar-refractivity contribution in [2.75, 3.05) is 18.9 Å². The molecule has 0 radical (unpaired) electrons. The van der Waals surface area contributed by atoms with Gasteiger partial charge in [-0.05, 0) is 75.8 Å². The van der Waals surface area contributed by atoms with Gasteiger partial charge in [-0.2, -0.15) is 5.10 Å². The predicted molar refractivity (Wildman–Crippen MR) is 109 cm³/mol. The summed E-state index contributed by atoms with van der Waals surface area (Å²) in [7, 11) is 1.95. The number of benzene rings is 2. The average Bonchev–Trinajstić information content (AvgIpc) is 3.17. The lowest BCUT2D eigenvalue weighted by Gasteiger charge is -2.23. The van der Waals surface area contributed by atoms with Crippen molar-refractivity contribution in [2.45, 2.75) is 25.8 Å². The molecule has 3 aromatic rings. The standard InChI is InChI=1S/C22H25FN4O/c1-16(22(28)24-19-7-4-3-5-8-19)27(2)14-6-9-20-15-21(26-25-20)17-10-12-18(23)13-11-17/h3-5,7-8,10-13,15-16H,6,9,14H2,1-2H3,(H,24,28)(H,25,26). The molecule has 6 heteroatoms. The highest BCUT2D eigenvalue weighted by Crippen LogP contribution is 2.18. The molecule has 0 aliphatic heterocycles. The van der Waals surface area contributed by atoms with Crippen LogP contribution in [0.15, 0.2) is 60.7 Å². The van der Waals surface area contributed by atoms with Crippen LogP contribution in [0.1, 0.15) is 19.0 Å². The first-order valence-electron chi connectivity index (χ1n) is 9.39. The number of carbonyl (C=O) groups excluding carboxylic acids is 1. The van der Waals surface area contributed by atoms with E-state index in [2.05, 4.69) is 15.5 Å². The maximum absolute atomic E-state index is 13.0. The summed E-state index contributed by atoms with van der Waals surface area (Å²) in [6.07, 6.45) is 1.72. The van der Waals surface area contributed by atoms with Gasteiger partial charge in [0.2, 0.25) is 5.91 Å². The molecular formula is C22H25FN4O. The minimum absolute atomic E-state index is 0.0196. The molecule has 1 aromatic heterocycles. The first-order chi connectivity index (χ1) is 13.5. The number of H-pyrrole nitrogens is 1. The van der Waals surface area contributed by atoms with E-state index in [9.17, 15) is 9.18 Å². The summed E-state index contributed by atoms with van der Waals surface area (Å²) >= 11 is 0. The van der Waals surface area contributed by atoms with Gasteiger partial charge in [-0.1, -0.05) is 18.2 Å². The number of para-hydroxylation sites is 1. The summed E-state index contributed by atoms with van der Waals surface area (Å²) < 4.78 is 13.0. The highest BCUT2D eigenvalue weighted by atomic mass is 19.1. The van der Waals surface area contributed by atoms with Crippen molar-refractivity contribution in [3.8, 4) is 11.3 Å². The van der Waals surface area contributed by atoms with Crippen LogP contribution in [0.3, 0.4) is 0 Å². The van der Waals surface area contributed by atoms with Crippen LogP contribution in [-0.4, -0.2) is 40.6 Å². The van der Waals surface area contributed by atoms with Crippen LogP contribution in [0, 0.1) is 5.82 Å². The molecule has 1 atom stereocenters. The van der Waals surface area contributed by atoms with E-state index in [-0.39, 0.29) is 17.8 Å². The number of carbonyl (C=O) groups is 1. The number of aromatic nitrogens is 2. The number of hydrogen-bond acceptors (Lipinski definition) is 3. The van der Waals surface area contributed by atoms with Crippen LogP contribution >= 0.6 is 0 Å². The van der Waals surface area contributed by atoms with E-state index in [1.165, 1.54) is 12.1 Å². The maximum atomic E-state index is 13.0. The summed E-state index contributed by atoms with van der Waals surface area (Å²) in [6.45, 7) is 2.69. The van der Waals surface area contributed by atoms with Crippen molar-refractivity contribution >= 4 is 11.6 Å². The number of nitrogens with one attached hydrogen (secondary N) is 2. The lowest BCUT2D eigenvalue weighted by Crippen LogP contribution is -2.40. The molecular weight excluding hydrogens is 355 g/mol. The van der Waals surface area contributed by atoms with Gasteiger partial charge in [0.1, 0.15) is 5.82 Å². The van der Waals surface area contributed by atoms with Crippen LogP contribution in [0.2, 0.25) is 0 Å². The largest absolute Gasteiger partial charge is 0.325 e. The van der Waals surface area contributed by atoms with Gasteiger partial charge < -0.3 is 5.32 Å². The molecule has 5 nitrogen and oxygen atoms in total. The molecule has 2 N–H and O–H groups in total. The number of rotatable bonds is 8. The Bertz CT molecular complexity index is 892. The van der Waals surface area contributed by atoms with E-state index in [1.807, 2.05) is 55.3 Å². The predicted octanol–water partition coefficient (Wildman–Crippen LogP) is 4.11. The van der Waals surface area contributed by atoms with Gasteiger partial charge in [0, 0.05) is 16.9 Å². The van der Waals surface area contributed by atoms with Crippen molar-refractivity contribution < 1.29 is 9.18 Å². The van der Waals surface area contributed by atoms with E-state index in [1.54, 1.807) is 12.1 Å². The van der Waals surface area contributed by atoms with Crippen molar-refractivity contribution in [3.05, 3.63) is 72.2 Å². The molecule has 0 aliphatic carbocycles. The number of halogens is 1. The van der Waals surface area contributed by atoms with E-state index in [0.29, 0.717) is 0 Å². The molecule has 0 bridgehead atoms. The Labute approximate surface area is 164 Å². The normalized spacial score (nSPS) is 12.1. The fourth-order valence-electron chi connectivity index (χ4n) is 2.94. The number of hydrogen-bond donors (Lipinski definition) is 2. The number of amides is 1. The van der Waals surface area contributed by atoms with Gasteiger partial charge in [-0.25, -0.2) is 4.39 Å². The quantitative estimate of drug-likeness (QED) is 0.618. The zero-order valence-electron chi connectivity index (χ0n) is 16.2. The Kier molecular flexibility index (Phi) is 6.55. The molecule has 1 heterocycles. The molecule has 1 unspecified atom stereocenters. The van der Waals surface area contributed by atoms with Gasteiger partial charge in [0.25, 0.3) is 0 Å². The molecule has 0 aliphatic rings. The van der Waals surface area contributed by atoms with E-state index < -0.39 is 0 Å². The second kappa shape index (κ2) is 9.28. The fourth-order valence-corrected chi connectivity index (χ4v) is 2.94. The van der Waals surface area contributed by atoms with Crippen molar-refractivity contribution in [1.29, 1.82) is 0 Å². The van der Waals surface area contributed by atoms with E-state index >= 15 is 0 Å². The number of anilines is 1. The van der Waals surface area contributed by atoms with Crippen LogP contribution in [0.4, 0.5) is 10.1 Å². The molecule has 0 saturated carbocycles. The van der Waals surface area contributed by atoms with Gasteiger partial charge in [0.15, 0.2) is 0 Å². The second-order valence-corrected chi connectivity index (χ2v) is 6.90. The number of likely N-dealkylation sites (N-methyl/N-ethyl adjacent to an activating group) is 1. The zero-order chi connectivity index (χ0) is 19.9. The smallest absolute Gasteiger partial charge is 0.241 e. The third-order valence-electron chi connectivity index (χ3n) is 4.81. The summed E-state index contributed by atoms with van der Waals surface area (Å²) in [5.41, 5.74) is 3.51. The van der Waals surface area contributed by atoms with E-state index in [4.69, 9.17) is 0 Å². The first-order valence-corrected chi connectivity index (χ1v) is 9.39. The molecule has 146 valence electrons. The van der Waals surface area contributed by atoms with Gasteiger partial charge in [-0.3, -0.25) is 14.8 Å². The highest BCUT2D eigenvalue weighted by Gasteiger charge is 2.17. The minimum atomic E-state index is -0.257. The minimum Gasteiger partial charge on any atom is -0.325 e. The molecule has 1 amide bonds. The molecule has 3 rings (SSSR count).